The second-order valence-corrected chi connectivity index (χ2v) is 16.9. The second kappa shape index (κ2) is 13.9. The third-order valence-electron chi connectivity index (χ3n) is 13.4. The first-order chi connectivity index (χ1) is 31.2. The summed E-state index contributed by atoms with van der Waals surface area (Å²) in [4.78, 5) is 9.83. The van der Waals surface area contributed by atoms with Crippen molar-refractivity contribution in [3.8, 4) is 44.6 Å². The van der Waals surface area contributed by atoms with Crippen LogP contribution in [0.4, 0.5) is 0 Å². The van der Waals surface area contributed by atoms with Crippen LogP contribution in [-0.2, 0) is 0 Å². The van der Waals surface area contributed by atoms with Gasteiger partial charge in [-0.15, -0.1) is 0 Å². The summed E-state index contributed by atoms with van der Waals surface area (Å²) in [5.74, 6) is 0. The lowest BCUT2D eigenvalue weighted by Gasteiger charge is -2.19. The minimum atomic E-state index is 0.929. The summed E-state index contributed by atoms with van der Waals surface area (Å²) in [5, 5.41) is 17.4. The van der Waals surface area contributed by atoms with Gasteiger partial charge in [0, 0.05) is 22.5 Å². The van der Waals surface area contributed by atoms with Crippen LogP contribution in [0.15, 0.2) is 212 Å². The van der Waals surface area contributed by atoms with Crippen LogP contribution in [0.25, 0.3) is 131 Å². The Labute approximate surface area is 364 Å². The smallest absolute Gasteiger partial charge is 0.0972 e. The van der Waals surface area contributed by atoms with Crippen LogP contribution < -0.4 is 0 Å². The van der Waals surface area contributed by atoms with E-state index in [4.69, 9.17) is 4.98 Å². The molecule has 0 unspecified atom stereocenters. The lowest BCUT2D eigenvalue weighted by atomic mass is 9.84. The maximum Gasteiger partial charge on any atom is 0.0972 e. The van der Waals surface area contributed by atoms with Gasteiger partial charge in [0.1, 0.15) is 0 Å². The molecular weight excluding hydrogens is 761 g/mol. The van der Waals surface area contributed by atoms with E-state index >= 15 is 0 Å². The van der Waals surface area contributed by atoms with Gasteiger partial charge in [0.25, 0.3) is 0 Å². The molecule has 2 heteroatoms. The molecule has 0 aliphatic rings. The van der Waals surface area contributed by atoms with Crippen molar-refractivity contribution in [3.05, 3.63) is 218 Å². The van der Waals surface area contributed by atoms with E-state index in [-0.39, 0.29) is 0 Å². The predicted octanol–water partition coefficient (Wildman–Crippen LogP) is 16.7. The number of aromatic nitrogens is 2. The Morgan fingerprint density at radius 3 is 1.52 bits per heavy atom. The van der Waals surface area contributed by atoms with E-state index in [0.29, 0.717) is 0 Å². The molecule has 0 radical (unpaired) electrons. The van der Waals surface area contributed by atoms with Crippen LogP contribution in [-0.4, -0.2) is 9.97 Å². The molecule has 63 heavy (non-hydrogen) atoms. The number of fused-ring (bicyclic) bond motifs is 11. The highest BCUT2D eigenvalue weighted by Gasteiger charge is 2.19. The van der Waals surface area contributed by atoms with Crippen LogP contribution in [0.1, 0.15) is 5.56 Å². The van der Waals surface area contributed by atoms with E-state index in [2.05, 4.69) is 212 Å². The molecule has 2 nitrogen and oxygen atoms in total. The van der Waals surface area contributed by atoms with Gasteiger partial charge in [0.15, 0.2) is 0 Å². The maximum absolute atomic E-state index is 5.14. The Balaban J connectivity index is 0.968. The van der Waals surface area contributed by atoms with Crippen LogP contribution in [0.2, 0.25) is 0 Å². The molecule has 0 saturated heterocycles. The summed E-state index contributed by atoms with van der Waals surface area (Å²) in [5.41, 5.74) is 12.6. The van der Waals surface area contributed by atoms with Crippen LogP contribution in [0, 0.1) is 6.92 Å². The predicted molar refractivity (Wildman–Crippen MR) is 269 cm³/mol. The number of rotatable bonds is 4. The molecule has 0 atom stereocenters. The summed E-state index contributed by atoms with van der Waals surface area (Å²) in [7, 11) is 0. The quantitative estimate of drug-likeness (QED) is 0.131. The standard InChI is InChI=1S/C61H38N2/c1-37-10-6-11-39-25-26-41-13-8-20-53(59(41)55(37)39)52-19-7-12-40-27-30-45-36-46(31-33-47(45)56(40)52)58-50-17-4-2-15-48(50)57(49-16-3-5-18-51(49)58)42-23-21-38(22-24-42)54-34-32-44-29-28-43-14-9-35-62-60(43)61(44)63-54/h2-36H,1H3. The third kappa shape index (κ3) is 5.51. The minimum absolute atomic E-state index is 0.929. The number of pyridine rings is 2. The van der Waals surface area contributed by atoms with Gasteiger partial charge in [-0.3, -0.25) is 4.98 Å². The molecule has 13 aromatic rings. The van der Waals surface area contributed by atoms with E-state index < -0.39 is 0 Å². The van der Waals surface area contributed by atoms with Gasteiger partial charge in [-0.05, 0) is 129 Å². The van der Waals surface area contributed by atoms with E-state index in [9.17, 15) is 0 Å². The van der Waals surface area contributed by atoms with Gasteiger partial charge in [-0.25, -0.2) is 4.98 Å². The summed E-state index contributed by atoms with van der Waals surface area (Å²) in [6.45, 7) is 2.23. The lowest BCUT2D eigenvalue weighted by molar-refractivity contribution is 1.37. The molecular formula is C61H38N2. The summed E-state index contributed by atoms with van der Waals surface area (Å²) >= 11 is 0. The number of hydrogen-bond acceptors (Lipinski definition) is 2. The zero-order chi connectivity index (χ0) is 41.6. The van der Waals surface area contributed by atoms with Gasteiger partial charge in [0.05, 0.1) is 16.7 Å². The highest BCUT2D eigenvalue weighted by molar-refractivity contribution is 6.24. The van der Waals surface area contributed by atoms with Gasteiger partial charge < -0.3 is 0 Å². The van der Waals surface area contributed by atoms with Gasteiger partial charge >= 0.3 is 0 Å². The normalized spacial score (nSPS) is 11.9. The summed E-state index contributed by atoms with van der Waals surface area (Å²) in [6, 6.07) is 75.8. The van der Waals surface area contributed by atoms with Crippen LogP contribution >= 0.6 is 0 Å². The molecule has 0 saturated carbocycles. The van der Waals surface area contributed by atoms with Gasteiger partial charge in [-0.1, -0.05) is 188 Å². The molecule has 11 aromatic carbocycles. The van der Waals surface area contributed by atoms with Crippen molar-refractivity contribution in [2.75, 3.05) is 0 Å². The van der Waals surface area contributed by atoms with Crippen LogP contribution in [0.5, 0.6) is 0 Å². The Morgan fingerprint density at radius 1 is 0.317 bits per heavy atom. The third-order valence-corrected chi connectivity index (χ3v) is 13.4. The average Bonchev–Trinajstić information content (AvgIpc) is 3.34. The fraction of sp³-hybridized carbons (Fsp3) is 0.0164. The topological polar surface area (TPSA) is 25.8 Å². The molecule has 0 N–H and O–H groups in total. The Kier molecular flexibility index (Phi) is 7.85. The van der Waals surface area contributed by atoms with Crippen molar-refractivity contribution >= 4 is 86.4 Å². The number of hydrogen-bond donors (Lipinski definition) is 0. The van der Waals surface area contributed by atoms with E-state index in [1.807, 2.05) is 12.3 Å². The Hall–Kier alpha value is -8.20. The average molecular weight is 799 g/mol. The minimum Gasteiger partial charge on any atom is -0.254 e. The molecule has 292 valence electrons. The van der Waals surface area contributed by atoms with Crippen molar-refractivity contribution in [2.24, 2.45) is 0 Å². The van der Waals surface area contributed by atoms with Gasteiger partial charge in [0.2, 0.25) is 0 Å². The molecule has 0 fully saturated rings. The summed E-state index contributed by atoms with van der Waals surface area (Å²) in [6.07, 6.45) is 1.84. The molecule has 0 aliphatic heterocycles. The SMILES string of the molecule is Cc1cccc2ccc3cccc(-c4cccc5ccc6cc(-c7c8ccccc8c(-c8ccc(-c9ccc%10ccc%11cccnc%11c%10n9)cc8)c8ccccc78)ccc6c45)c3c12. The monoisotopic (exact) mass is 798 g/mol. The molecule has 13 rings (SSSR count). The Morgan fingerprint density at radius 2 is 0.825 bits per heavy atom. The molecule has 0 amide bonds. The molecule has 2 aromatic heterocycles. The van der Waals surface area contributed by atoms with E-state index in [1.165, 1.54) is 104 Å². The first-order valence-electron chi connectivity index (χ1n) is 21.7. The molecule has 2 heterocycles. The first kappa shape index (κ1) is 35.5. The zero-order valence-corrected chi connectivity index (χ0v) is 34.6. The fourth-order valence-electron chi connectivity index (χ4n) is 10.5. The number of aryl methyl sites for hydroxylation is 1. The van der Waals surface area contributed by atoms with Crippen molar-refractivity contribution in [1.29, 1.82) is 0 Å². The number of benzene rings is 11. The Bertz CT molecular complexity index is 3970. The first-order valence-corrected chi connectivity index (χ1v) is 21.7. The van der Waals surface area contributed by atoms with Crippen LogP contribution in [0.3, 0.4) is 0 Å². The van der Waals surface area contributed by atoms with Crippen molar-refractivity contribution in [3.63, 3.8) is 0 Å². The van der Waals surface area contributed by atoms with Crippen molar-refractivity contribution in [2.45, 2.75) is 6.92 Å². The van der Waals surface area contributed by atoms with E-state index in [1.54, 1.807) is 0 Å². The van der Waals surface area contributed by atoms with E-state index in [0.717, 1.165) is 33.1 Å². The highest BCUT2D eigenvalue weighted by atomic mass is 14.7. The lowest BCUT2D eigenvalue weighted by Crippen LogP contribution is -1.92. The fourth-order valence-corrected chi connectivity index (χ4v) is 10.5. The largest absolute Gasteiger partial charge is 0.254 e. The highest BCUT2D eigenvalue weighted by Crippen LogP contribution is 2.46. The molecule has 0 bridgehead atoms. The van der Waals surface area contributed by atoms with Crippen molar-refractivity contribution in [1.82, 2.24) is 9.97 Å². The second-order valence-electron chi connectivity index (χ2n) is 16.9. The zero-order valence-electron chi connectivity index (χ0n) is 34.6. The van der Waals surface area contributed by atoms with Crippen molar-refractivity contribution < 1.29 is 0 Å². The summed E-state index contributed by atoms with van der Waals surface area (Å²) < 4.78 is 0. The molecule has 0 aliphatic carbocycles. The molecule has 0 spiro atoms. The maximum atomic E-state index is 5.14. The van der Waals surface area contributed by atoms with Gasteiger partial charge in [-0.2, -0.15) is 0 Å². The number of nitrogens with zero attached hydrogens (tertiary/aromatic N) is 2.